The van der Waals surface area contributed by atoms with Gasteiger partial charge in [-0.1, -0.05) is 11.6 Å². The van der Waals surface area contributed by atoms with Crippen LogP contribution >= 0.6 is 43.5 Å². The zero-order valence-corrected chi connectivity index (χ0v) is 13.3. The molecule has 1 heterocycles. The summed E-state index contributed by atoms with van der Waals surface area (Å²) in [6, 6.07) is 7.46. The Morgan fingerprint density at radius 2 is 2.06 bits per heavy atom. The van der Waals surface area contributed by atoms with Crippen molar-refractivity contribution in [3.05, 3.63) is 44.4 Å². The molecule has 0 atom stereocenters. The predicted octanol–water partition coefficient (Wildman–Crippen LogP) is 5.01. The summed E-state index contributed by atoms with van der Waals surface area (Å²) in [7, 11) is 1.62. The van der Waals surface area contributed by atoms with Gasteiger partial charge in [-0.15, -0.1) is 0 Å². The Labute approximate surface area is 127 Å². The van der Waals surface area contributed by atoms with Crippen LogP contribution in [0, 0.1) is 0 Å². The lowest BCUT2D eigenvalue weighted by Gasteiger charge is -2.10. The van der Waals surface area contributed by atoms with Crippen molar-refractivity contribution in [1.29, 1.82) is 0 Å². The number of ether oxygens (including phenoxy) is 1. The van der Waals surface area contributed by atoms with E-state index in [0.717, 1.165) is 20.4 Å². The van der Waals surface area contributed by atoms with E-state index in [1.165, 1.54) is 0 Å². The molecule has 0 amide bonds. The third-order valence-electron chi connectivity index (χ3n) is 2.22. The number of anilines is 2. The number of rotatable bonds is 3. The van der Waals surface area contributed by atoms with E-state index in [9.17, 15) is 0 Å². The molecule has 6 heteroatoms. The zero-order chi connectivity index (χ0) is 13.1. The van der Waals surface area contributed by atoms with E-state index < -0.39 is 0 Å². The van der Waals surface area contributed by atoms with E-state index in [2.05, 4.69) is 42.2 Å². The number of nitrogens with zero attached hydrogens (tertiary/aromatic N) is 1. The molecule has 0 spiro atoms. The van der Waals surface area contributed by atoms with Gasteiger partial charge in [-0.3, -0.25) is 0 Å². The largest absolute Gasteiger partial charge is 0.495 e. The highest BCUT2D eigenvalue weighted by molar-refractivity contribution is 9.10. The van der Waals surface area contributed by atoms with Crippen LogP contribution in [0.3, 0.4) is 0 Å². The average molecular weight is 392 g/mol. The number of hydrogen-bond donors (Lipinski definition) is 1. The molecule has 0 fully saturated rings. The Kier molecular flexibility index (Phi) is 4.48. The SMILES string of the molecule is COc1cc(Nc2ncc(Br)cc2Cl)ccc1Br. The van der Waals surface area contributed by atoms with Gasteiger partial charge in [0.2, 0.25) is 0 Å². The first-order valence-electron chi connectivity index (χ1n) is 5.02. The molecule has 0 unspecified atom stereocenters. The summed E-state index contributed by atoms with van der Waals surface area (Å²) in [4.78, 5) is 4.21. The normalized spacial score (nSPS) is 10.2. The Hall–Kier alpha value is -0.780. The van der Waals surface area contributed by atoms with Crippen LogP contribution in [0.1, 0.15) is 0 Å². The van der Waals surface area contributed by atoms with E-state index in [4.69, 9.17) is 16.3 Å². The van der Waals surface area contributed by atoms with Gasteiger partial charge < -0.3 is 10.1 Å². The van der Waals surface area contributed by atoms with Crippen LogP contribution in [0.15, 0.2) is 39.4 Å². The molecule has 1 N–H and O–H groups in total. The van der Waals surface area contributed by atoms with Crippen LogP contribution < -0.4 is 10.1 Å². The van der Waals surface area contributed by atoms with Gasteiger partial charge in [-0.2, -0.15) is 0 Å². The molecule has 0 aliphatic rings. The average Bonchev–Trinajstić information content (AvgIpc) is 2.35. The lowest BCUT2D eigenvalue weighted by Crippen LogP contribution is -1.95. The van der Waals surface area contributed by atoms with Gasteiger partial charge >= 0.3 is 0 Å². The third kappa shape index (κ3) is 3.16. The standard InChI is InChI=1S/C12H9Br2ClN2O/c1-18-11-5-8(2-3-9(11)14)17-12-10(15)4-7(13)6-16-12/h2-6H,1H3,(H,16,17). The van der Waals surface area contributed by atoms with E-state index in [1.54, 1.807) is 19.4 Å². The molecule has 3 nitrogen and oxygen atoms in total. The van der Waals surface area contributed by atoms with Gasteiger partial charge in [0.15, 0.2) is 0 Å². The highest BCUT2D eigenvalue weighted by atomic mass is 79.9. The monoisotopic (exact) mass is 390 g/mol. The second-order valence-electron chi connectivity index (χ2n) is 3.46. The molecular formula is C12H9Br2ClN2O. The molecule has 0 aliphatic heterocycles. The number of halogens is 3. The first-order valence-corrected chi connectivity index (χ1v) is 6.98. The molecule has 0 aliphatic carbocycles. The van der Waals surface area contributed by atoms with Crippen LogP contribution in [-0.2, 0) is 0 Å². The van der Waals surface area contributed by atoms with Gasteiger partial charge in [0, 0.05) is 22.4 Å². The van der Waals surface area contributed by atoms with Crippen molar-refractivity contribution in [2.45, 2.75) is 0 Å². The van der Waals surface area contributed by atoms with E-state index in [1.807, 2.05) is 18.2 Å². The number of methoxy groups -OCH3 is 1. The summed E-state index contributed by atoms with van der Waals surface area (Å²) in [5.41, 5.74) is 0.853. The van der Waals surface area contributed by atoms with Crippen molar-refractivity contribution in [2.24, 2.45) is 0 Å². The first-order chi connectivity index (χ1) is 8.60. The molecule has 0 radical (unpaired) electrons. The maximum atomic E-state index is 6.09. The van der Waals surface area contributed by atoms with Crippen molar-refractivity contribution < 1.29 is 4.74 Å². The van der Waals surface area contributed by atoms with Gasteiger partial charge in [0.25, 0.3) is 0 Å². The maximum Gasteiger partial charge on any atom is 0.149 e. The second-order valence-corrected chi connectivity index (χ2v) is 5.64. The number of nitrogens with one attached hydrogen (secondary N) is 1. The summed E-state index contributed by atoms with van der Waals surface area (Å²) in [6.45, 7) is 0. The Bertz CT molecular complexity index is 578. The topological polar surface area (TPSA) is 34.1 Å². The Morgan fingerprint density at radius 1 is 1.28 bits per heavy atom. The van der Waals surface area contributed by atoms with Crippen LogP contribution in [-0.4, -0.2) is 12.1 Å². The maximum absolute atomic E-state index is 6.09. The highest BCUT2D eigenvalue weighted by Crippen LogP contribution is 2.31. The van der Waals surface area contributed by atoms with Crippen molar-refractivity contribution in [3.63, 3.8) is 0 Å². The van der Waals surface area contributed by atoms with Crippen molar-refractivity contribution in [3.8, 4) is 5.75 Å². The highest BCUT2D eigenvalue weighted by Gasteiger charge is 2.05. The van der Waals surface area contributed by atoms with Crippen LogP contribution in [0.2, 0.25) is 5.02 Å². The van der Waals surface area contributed by atoms with Crippen molar-refractivity contribution >= 4 is 55.0 Å². The minimum atomic E-state index is 0.547. The van der Waals surface area contributed by atoms with Gasteiger partial charge in [0.1, 0.15) is 11.6 Å². The number of pyridine rings is 1. The van der Waals surface area contributed by atoms with Crippen LogP contribution in [0.25, 0.3) is 0 Å². The summed E-state index contributed by atoms with van der Waals surface area (Å²) in [5.74, 6) is 1.34. The number of benzene rings is 1. The van der Waals surface area contributed by atoms with Gasteiger partial charge in [-0.05, 0) is 50.1 Å². The van der Waals surface area contributed by atoms with E-state index >= 15 is 0 Å². The van der Waals surface area contributed by atoms with E-state index in [-0.39, 0.29) is 0 Å². The Morgan fingerprint density at radius 3 is 2.72 bits per heavy atom. The number of hydrogen-bond acceptors (Lipinski definition) is 3. The number of aromatic nitrogens is 1. The summed E-state index contributed by atoms with van der Waals surface area (Å²) in [6.07, 6.45) is 1.68. The van der Waals surface area contributed by atoms with Crippen LogP contribution in [0.4, 0.5) is 11.5 Å². The molecule has 18 heavy (non-hydrogen) atoms. The first kappa shape index (κ1) is 13.6. The molecule has 2 aromatic rings. The van der Waals surface area contributed by atoms with Crippen LogP contribution in [0.5, 0.6) is 5.75 Å². The molecule has 0 saturated carbocycles. The third-order valence-corrected chi connectivity index (χ3v) is 3.60. The minimum absolute atomic E-state index is 0.547. The summed E-state index contributed by atoms with van der Waals surface area (Å²) in [5, 5.41) is 3.68. The predicted molar refractivity (Wildman–Crippen MR) is 80.9 cm³/mol. The smallest absolute Gasteiger partial charge is 0.149 e. The molecule has 0 bridgehead atoms. The van der Waals surface area contributed by atoms with Crippen molar-refractivity contribution in [2.75, 3.05) is 12.4 Å². The molecule has 1 aromatic heterocycles. The molecule has 94 valence electrons. The fourth-order valence-corrected chi connectivity index (χ4v) is 2.47. The molecule has 1 aromatic carbocycles. The lowest BCUT2D eigenvalue weighted by atomic mass is 10.3. The van der Waals surface area contributed by atoms with Gasteiger partial charge in [0.05, 0.1) is 16.6 Å². The molecule has 2 rings (SSSR count). The van der Waals surface area contributed by atoms with Gasteiger partial charge in [-0.25, -0.2) is 4.98 Å². The summed E-state index contributed by atoms with van der Waals surface area (Å²) >= 11 is 12.8. The lowest BCUT2D eigenvalue weighted by molar-refractivity contribution is 0.412. The summed E-state index contributed by atoms with van der Waals surface area (Å²) < 4.78 is 6.96. The zero-order valence-electron chi connectivity index (χ0n) is 9.38. The fourth-order valence-electron chi connectivity index (χ4n) is 1.38. The van der Waals surface area contributed by atoms with Crippen molar-refractivity contribution in [1.82, 2.24) is 4.98 Å². The fraction of sp³-hybridized carbons (Fsp3) is 0.0833. The molecule has 0 saturated heterocycles. The Balaban J connectivity index is 2.28. The molecular weight excluding hydrogens is 383 g/mol. The minimum Gasteiger partial charge on any atom is -0.495 e. The second kappa shape index (κ2) is 5.91. The van der Waals surface area contributed by atoms with E-state index in [0.29, 0.717) is 10.8 Å². The quantitative estimate of drug-likeness (QED) is 0.797.